The number of nitrogens with one attached hydrogen (secondary N) is 2. The van der Waals surface area contributed by atoms with E-state index in [9.17, 15) is 9.18 Å². The van der Waals surface area contributed by atoms with E-state index >= 15 is 0 Å². The van der Waals surface area contributed by atoms with Gasteiger partial charge in [0.25, 0.3) is 0 Å². The van der Waals surface area contributed by atoms with Crippen molar-refractivity contribution in [2.24, 2.45) is 0 Å². The molecule has 0 saturated heterocycles. The summed E-state index contributed by atoms with van der Waals surface area (Å²) in [6.07, 6.45) is 1.43. The van der Waals surface area contributed by atoms with Crippen LogP contribution in [0.4, 0.5) is 10.1 Å². The molecule has 5 aromatic rings. The van der Waals surface area contributed by atoms with E-state index in [0.29, 0.717) is 40.1 Å². The van der Waals surface area contributed by atoms with Crippen molar-refractivity contribution in [3.8, 4) is 22.6 Å². The molecule has 2 aromatic carbocycles. The molecule has 35 heavy (non-hydrogen) atoms. The summed E-state index contributed by atoms with van der Waals surface area (Å²) >= 11 is 5.97. The van der Waals surface area contributed by atoms with Crippen molar-refractivity contribution in [1.29, 1.82) is 0 Å². The lowest BCUT2D eigenvalue weighted by Crippen LogP contribution is -2.10. The molecule has 0 spiro atoms. The Bertz CT molecular complexity index is 1500. The van der Waals surface area contributed by atoms with E-state index in [-0.39, 0.29) is 18.1 Å². The maximum absolute atomic E-state index is 13.6. The Morgan fingerprint density at radius 3 is 2.63 bits per heavy atom. The maximum Gasteiger partial charge on any atom is 0.358 e. The number of ether oxygens (including phenoxy) is 1. The molecular formula is C25H20ClFN6O2. The average Bonchev–Trinajstić information content (AvgIpc) is 3.48. The van der Waals surface area contributed by atoms with Gasteiger partial charge in [-0.1, -0.05) is 11.6 Å². The number of hydrogen-bond donors (Lipinski definition) is 2. The van der Waals surface area contributed by atoms with Crippen molar-refractivity contribution in [2.75, 3.05) is 11.9 Å². The molecule has 0 saturated carbocycles. The van der Waals surface area contributed by atoms with Gasteiger partial charge in [0.1, 0.15) is 23.0 Å². The van der Waals surface area contributed by atoms with Crippen molar-refractivity contribution in [3.63, 3.8) is 0 Å². The standard InChI is InChI=1S/C25H20ClFN6O2/c1-2-35-25(34)20-13-29-22-12-11-19(32-33(20)22)24-23(15-3-7-17(27)8-4-15)30-21(31-24)14-28-18-9-5-16(26)6-10-18/h3-13,28H,2,14H2,1H3,(H,30,31). The van der Waals surface area contributed by atoms with E-state index in [0.717, 1.165) is 11.3 Å². The van der Waals surface area contributed by atoms with Gasteiger partial charge in [-0.15, -0.1) is 0 Å². The van der Waals surface area contributed by atoms with Crippen LogP contribution in [0.5, 0.6) is 0 Å². The van der Waals surface area contributed by atoms with E-state index in [1.54, 1.807) is 43.3 Å². The lowest BCUT2D eigenvalue weighted by atomic mass is 10.1. The smallest absolute Gasteiger partial charge is 0.358 e. The first-order chi connectivity index (χ1) is 17.0. The number of H-pyrrole nitrogens is 1. The van der Waals surface area contributed by atoms with E-state index in [1.165, 1.54) is 22.8 Å². The van der Waals surface area contributed by atoms with Crippen molar-refractivity contribution >= 4 is 28.9 Å². The second-order valence-corrected chi connectivity index (χ2v) is 8.06. The minimum absolute atomic E-state index is 0.215. The Hall–Kier alpha value is -4.24. The SMILES string of the molecule is CCOC(=O)c1cnc2ccc(-c3nc(CNc4ccc(Cl)cc4)[nH]c3-c3ccc(F)cc3)nn12. The molecule has 176 valence electrons. The van der Waals surface area contributed by atoms with Crippen LogP contribution in [0.25, 0.3) is 28.3 Å². The maximum atomic E-state index is 13.6. The van der Waals surface area contributed by atoms with Gasteiger partial charge in [-0.3, -0.25) is 0 Å². The zero-order chi connectivity index (χ0) is 24.4. The average molecular weight is 491 g/mol. The predicted molar refractivity (Wildman–Crippen MR) is 131 cm³/mol. The van der Waals surface area contributed by atoms with Crippen LogP contribution in [-0.2, 0) is 11.3 Å². The molecule has 0 aliphatic rings. The van der Waals surface area contributed by atoms with E-state index < -0.39 is 5.97 Å². The highest BCUT2D eigenvalue weighted by Gasteiger charge is 2.19. The number of aromatic amines is 1. The first-order valence-electron chi connectivity index (χ1n) is 10.9. The number of halogens is 2. The lowest BCUT2D eigenvalue weighted by molar-refractivity contribution is 0.0516. The van der Waals surface area contributed by atoms with Gasteiger partial charge in [0, 0.05) is 16.3 Å². The number of carbonyl (C=O) groups excluding carboxylic acids is 1. The number of hydrogen-bond acceptors (Lipinski definition) is 6. The summed E-state index contributed by atoms with van der Waals surface area (Å²) < 4.78 is 20.1. The Morgan fingerprint density at radius 2 is 1.89 bits per heavy atom. The molecule has 0 radical (unpaired) electrons. The van der Waals surface area contributed by atoms with Crippen LogP contribution < -0.4 is 5.32 Å². The molecule has 8 nitrogen and oxygen atoms in total. The van der Waals surface area contributed by atoms with Crippen LogP contribution in [0.1, 0.15) is 23.2 Å². The molecule has 3 heterocycles. The number of rotatable bonds is 7. The Balaban J connectivity index is 1.55. The summed E-state index contributed by atoms with van der Waals surface area (Å²) in [6, 6.07) is 17.0. The van der Waals surface area contributed by atoms with Crippen LogP contribution >= 0.6 is 11.6 Å². The number of benzene rings is 2. The Kier molecular flexibility index (Phi) is 6.15. The van der Waals surface area contributed by atoms with Gasteiger partial charge in [0.05, 0.1) is 25.0 Å². The molecule has 0 aliphatic heterocycles. The van der Waals surface area contributed by atoms with Crippen molar-refractivity contribution < 1.29 is 13.9 Å². The van der Waals surface area contributed by atoms with Crippen LogP contribution in [0, 0.1) is 5.82 Å². The van der Waals surface area contributed by atoms with E-state index in [2.05, 4.69) is 20.4 Å². The molecule has 0 aliphatic carbocycles. The number of imidazole rings is 2. The minimum Gasteiger partial charge on any atom is -0.461 e. The van der Waals surface area contributed by atoms with Gasteiger partial charge in [-0.05, 0) is 67.6 Å². The Morgan fingerprint density at radius 1 is 1.11 bits per heavy atom. The second-order valence-electron chi connectivity index (χ2n) is 7.63. The summed E-state index contributed by atoms with van der Waals surface area (Å²) in [7, 11) is 0. The molecule has 2 N–H and O–H groups in total. The summed E-state index contributed by atoms with van der Waals surface area (Å²) in [5.74, 6) is -0.206. The number of carbonyl (C=O) groups is 1. The van der Waals surface area contributed by atoms with Crippen molar-refractivity contribution in [2.45, 2.75) is 13.5 Å². The van der Waals surface area contributed by atoms with E-state index in [4.69, 9.17) is 21.3 Å². The highest BCUT2D eigenvalue weighted by molar-refractivity contribution is 6.30. The van der Waals surface area contributed by atoms with Gasteiger partial charge in [-0.25, -0.2) is 23.7 Å². The van der Waals surface area contributed by atoms with Gasteiger partial charge < -0.3 is 15.0 Å². The zero-order valence-electron chi connectivity index (χ0n) is 18.6. The van der Waals surface area contributed by atoms with Crippen LogP contribution in [0.15, 0.2) is 66.9 Å². The number of anilines is 1. The third-order valence-corrected chi connectivity index (χ3v) is 5.53. The Labute approximate surface area is 204 Å². The fourth-order valence-corrected chi connectivity index (χ4v) is 3.74. The molecule has 0 bridgehead atoms. The number of aromatic nitrogens is 5. The fourth-order valence-electron chi connectivity index (χ4n) is 3.61. The van der Waals surface area contributed by atoms with Gasteiger partial charge in [-0.2, -0.15) is 5.10 Å². The van der Waals surface area contributed by atoms with Crippen LogP contribution in [0.3, 0.4) is 0 Å². The lowest BCUT2D eigenvalue weighted by Gasteiger charge is -2.05. The highest BCUT2D eigenvalue weighted by atomic mass is 35.5. The van der Waals surface area contributed by atoms with E-state index in [1.807, 2.05) is 12.1 Å². The fraction of sp³-hybridized carbons (Fsp3) is 0.120. The monoisotopic (exact) mass is 490 g/mol. The number of esters is 1. The van der Waals surface area contributed by atoms with Gasteiger partial charge in [0.15, 0.2) is 11.3 Å². The van der Waals surface area contributed by atoms with Gasteiger partial charge >= 0.3 is 5.97 Å². The summed E-state index contributed by atoms with van der Waals surface area (Å²) in [4.78, 5) is 24.7. The topological polar surface area (TPSA) is 97.2 Å². The van der Waals surface area contributed by atoms with Gasteiger partial charge in [0.2, 0.25) is 0 Å². The predicted octanol–water partition coefficient (Wildman–Crippen LogP) is 5.37. The van der Waals surface area contributed by atoms with Crippen molar-refractivity contribution in [1.82, 2.24) is 24.6 Å². The van der Waals surface area contributed by atoms with Crippen molar-refractivity contribution in [3.05, 3.63) is 89.2 Å². The molecule has 0 fully saturated rings. The highest BCUT2D eigenvalue weighted by Crippen LogP contribution is 2.30. The third kappa shape index (κ3) is 4.71. The first-order valence-corrected chi connectivity index (χ1v) is 11.3. The molecule has 3 aromatic heterocycles. The van der Waals surface area contributed by atoms with Crippen LogP contribution in [-0.4, -0.2) is 37.1 Å². The molecular weight excluding hydrogens is 471 g/mol. The summed E-state index contributed by atoms with van der Waals surface area (Å²) in [5.41, 5.74) is 4.07. The molecule has 5 rings (SSSR count). The third-order valence-electron chi connectivity index (χ3n) is 5.28. The summed E-state index contributed by atoms with van der Waals surface area (Å²) in [6.45, 7) is 2.37. The number of fused-ring (bicyclic) bond motifs is 1. The first kappa shape index (κ1) is 22.5. The minimum atomic E-state index is -0.515. The molecule has 0 amide bonds. The quantitative estimate of drug-likeness (QED) is 0.298. The summed E-state index contributed by atoms with van der Waals surface area (Å²) in [5, 5.41) is 8.56. The number of nitrogens with zero attached hydrogens (tertiary/aromatic N) is 4. The van der Waals surface area contributed by atoms with Crippen LogP contribution in [0.2, 0.25) is 5.02 Å². The molecule has 10 heteroatoms. The second kappa shape index (κ2) is 9.55. The molecule has 0 unspecified atom stereocenters. The molecule has 0 atom stereocenters. The largest absolute Gasteiger partial charge is 0.461 e. The normalized spacial score (nSPS) is 11.1. The zero-order valence-corrected chi connectivity index (χ0v) is 19.4.